The number of hydrogen-bond donors (Lipinski definition) is 2. The molecule has 1 aromatic rings. The Morgan fingerprint density at radius 1 is 1.23 bits per heavy atom. The van der Waals surface area contributed by atoms with Crippen LogP contribution in [0.1, 0.15) is 72.7 Å². The van der Waals surface area contributed by atoms with Crippen LogP contribution in [0.5, 0.6) is 0 Å². The van der Waals surface area contributed by atoms with Gasteiger partial charge in [0.2, 0.25) is 5.91 Å². The molecule has 4 aliphatic rings. The molecule has 2 N–H and O–H groups in total. The number of nitrogens with one attached hydrogen (secondary N) is 2. The van der Waals surface area contributed by atoms with Gasteiger partial charge in [0.1, 0.15) is 15.9 Å². The first-order valence-electron chi connectivity index (χ1n) is 10.6. The minimum Gasteiger partial charge on any atom is -0.462 e. The average molecular weight is 446 g/mol. The lowest BCUT2D eigenvalue weighted by Gasteiger charge is -2.56. The van der Waals surface area contributed by atoms with E-state index in [1.54, 1.807) is 13.8 Å². The third-order valence-corrected chi connectivity index (χ3v) is 8.29. The van der Waals surface area contributed by atoms with Gasteiger partial charge < -0.3 is 15.4 Å². The highest BCUT2D eigenvalue weighted by Gasteiger charge is 2.51. The van der Waals surface area contributed by atoms with E-state index in [4.69, 9.17) is 17.0 Å². The number of nitriles is 1. The summed E-state index contributed by atoms with van der Waals surface area (Å²) < 4.78 is 5.06. The third-order valence-electron chi connectivity index (χ3n) is 6.90. The molecule has 5 rings (SSSR count). The van der Waals surface area contributed by atoms with Crippen molar-refractivity contribution in [2.24, 2.45) is 23.2 Å². The maximum Gasteiger partial charge on any atom is 0.348 e. The molecule has 0 aromatic carbocycles. The molecule has 160 valence electrons. The molecule has 1 heterocycles. The van der Waals surface area contributed by atoms with Gasteiger partial charge in [-0.2, -0.15) is 5.26 Å². The lowest BCUT2D eigenvalue weighted by Crippen LogP contribution is -2.48. The van der Waals surface area contributed by atoms with E-state index in [1.165, 1.54) is 38.5 Å². The summed E-state index contributed by atoms with van der Waals surface area (Å²) in [7, 11) is 0. The monoisotopic (exact) mass is 445 g/mol. The van der Waals surface area contributed by atoms with Gasteiger partial charge in [-0.05, 0) is 93.3 Å². The minimum atomic E-state index is -0.457. The van der Waals surface area contributed by atoms with Gasteiger partial charge in [-0.25, -0.2) is 4.79 Å². The van der Waals surface area contributed by atoms with Crippen molar-refractivity contribution in [3.05, 3.63) is 16.0 Å². The van der Waals surface area contributed by atoms with Crippen LogP contribution in [0, 0.1) is 41.4 Å². The second-order valence-electron chi connectivity index (χ2n) is 9.19. The molecule has 4 aliphatic carbocycles. The van der Waals surface area contributed by atoms with Crippen molar-refractivity contribution in [2.75, 3.05) is 11.9 Å². The number of nitrogens with zero attached hydrogens (tertiary/aromatic N) is 1. The highest BCUT2D eigenvalue weighted by molar-refractivity contribution is 7.80. The van der Waals surface area contributed by atoms with Crippen LogP contribution in [0.4, 0.5) is 5.00 Å². The Morgan fingerprint density at radius 2 is 1.83 bits per heavy atom. The van der Waals surface area contributed by atoms with E-state index in [0.717, 1.165) is 29.1 Å². The first-order valence-corrected chi connectivity index (χ1v) is 11.9. The number of ether oxygens (including phenoxy) is 1. The van der Waals surface area contributed by atoms with Crippen LogP contribution < -0.4 is 10.6 Å². The summed E-state index contributed by atoms with van der Waals surface area (Å²) >= 11 is 6.46. The lowest BCUT2D eigenvalue weighted by atomic mass is 9.49. The van der Waals surface area contributed by atoms with Gasteiger partial charge in [0, 0.05) is 6.42 Å². The molecule has 30 heavy (non-hydrogen) atoms. The van der Waals surface area contributed by atoms with Crippen LogP contribution in [0.2, 0.25) is 0 Å². The Kier molecular flexibility index (Phi) is 5.86. The summed E-state index contributed by atoms with van der Waals surface area (Å²) in [5.41, 5.74) is 1.05. The van der Waals surface area contributed by atoms with Crippen molar-refractivity contribution in [2.45, 2.75) is 58.8 Å². The van der Waals surface area contributed by atoms with E-state index < -0.39 is 5.97 Å². The Balaban J connectivity index is 1.39. The molecule has 0 aliphatic heterocycles. The molecule has 0 unspecified atom stereocenters. The maximum absolute atomic E-state index is 12.8. The fourth-order valence-electron chi connectivity index (χ4n) is 6.28. The van der Waals surface area contributed by atoms with E-state index in [2.05, 4.69) is 16.7 Å². The number of amides is 1. The Bertz CT molecular complexity index is 896. The van der Waals surface area contributed by atoms with Crippen molar-refractivity contribution in [3.8, 4) is 6.07 Å². The topological polar surface area (TPSA) is 91.2 Å². The largest absolute Gasteiger partial charge is 0.462 e. The SMILES string of the molecule is CCOC(=O)c1sc(NC(=S)NC(=O)CC23CC4CC(CC(C4)C2)C3)c(C#N)c1C. The predicted molar refractivity (Wildman–Crippen MR) is 119 cm³/mol. The predicted octanol–water partition coefficient (Wildman–Crippen LogP) is 4.52. The number of hydrogen-bond acceptors (Lipinski definition) is 6. The number of carbonyl (C=O) groups excluding carboxylic acids is 2. The molecule has 0 atom stereocenters. The zero-order valence-corrected chi connectivity index (χ0v) is 19.0. The smallest absolute Gasteiger partial charge is 0.348 e. The van der Waals surface area contributed by atoms with E-state index in [1.807, 2.05) is 0 Å². The van der Waals surface area contributed by atoms with Gasteiger partial charge in [-0.1, -0.05) is 0 Å². The Labute approximate surface area is 186 Å². The maximum atomic E-state index is 12.8. The van der Waals surface area contributed by atoms with Gasteiger partial charge in [-0.15, -0.1) is 11.3 Å². The first-order chi connectivity index (χ1) is 14.3. The normalized spacial score (nSPS) is 28.6. The number of rotatable bonds is 5. The van der Waals surface area contributed by atoms with Crippen molar-refractivity contribution >= 4 is 45.5 Å². The zero-order chi connectivity index (χ0) is 21.5. The molecule has 6 nitrogen and oxygen atoms in total. The van der Waals surface area contributed by atoms with E-state index in [0.29, 0.717) is 27.4 Å². The molecule has 1 aromatic heterocycles. The Hall–Kier alpha value is -1.98. The van der Waals surface area contributed by atoms with E-state index in [-0.39, 0.29) is 23.0 Å². The van der Waals surface area contributed by atoms with Crippen molar-refractivity contribution in [1.82, 2.24) is 5.32 Å². The van der Waals surface area contributed by atoms with Crippen molar-refractivity contribution in [3.63, 3.8) is 0 Å². The van der Waals surface area contributed by atoms with Gasteiger partial charge in [-0.3, -0.25) is 4.79 Å². The summed E-state index contributed by atoms with van der Waals surface area (Å²) in [6, 6.07) is 2.11. The van der Waals surface area contributed by atoms with Crippen LogP contribution in [0.3, 0.4) is 0 Å². The zero-order valence-electron chi connectivity index (χ0n) is 17.4. The fraction of sp³-hybridized carbons (Fsp3) is 0.636. The summed E-state index contributed by atoms with van der Waals surface area (Å²) in [6.45, 7) is 3.71. The minimum absolute atomic E-state index is 0.0631. The molecular formula is C22H27N3O3S2. The second-order valence-corrected chi connectivity index (χ2v) is 10.6. The molecule has 8 heteroatoms. The fourth-order valence-corrected chi connectivity index (χ4v) is 7.62. The summed E-state index contributed by atoms with van der Waals surface area (Å²) in [5, 5.41) is 15.9. The standard InChI is InChI=1S/C22H27N3O3S2/c1-3-28-20(27)18-12(2)16(11-23)19(30-18)25-21(29)24-17(26)10-22-7-13-4-14(8-22)6-15(5-13)9-22/h13-15H,3-10H2,1-2H3,(H2,24,25,26,29). The number of anilines is 1. The second kappa shape index (κ2) is 8.27. The highest BCUT2D eigenvalue weighted by Crippen LogP contribution is 2.61. The molecule has 4 saturated carbocycles. The molecule has 0 spiro atoms. The number of thiophene rings is 1. The van der Waals surface area contributed by atoms with Crippen LogP contribution >= 0.6 is 23.6 Å². The van der Waals surface area contributed by atoms with E-state index in [9.17, 15) is 14.9 Å². The number of thiocarbonyl (C=S) groups is 1. The quantitative estimate of drug-likeness (QED) is 0.511. The van der Waals surface area contributed by atoms with Crippen LogP contribution in [-0.2, 0) is 9.53 Å². The van der Waals surface area contributed by atoms with Gasteiger partial charge in [0.05, 0.1) is 12.2 Å². The van der Waals surface area contributed by atoms with Crippen molar-refractivity contribution in [1.29, 1.82) is 5.26 Å². The molecule has 4 fully saturated rings. The average Bonchev–Trinajstić information content (AvgIpc) is 2.95. The molecular weight excluding hydrogens is 418 g/mol. The van der Waals surface area contributed by atoms with Crippen LogP contribution in [0.25, 0.3) is 0 Å². The third kappa shape index (κ3) is 4.10. The number of carbonyl (C=O) groups is 2. The Morgan fingerprint density at radius 3 is 2.37 bits per heavy atom. The summed E-state index contributed by atoms with van der Waals surface area (Å²) in [5.74, 6) is 1.86. The number of esters is 1. The first kappa shape index (κ1) is 21.3. The molecule has 1 amide bonds. The molecule has 4 bridgehead atoms. The van der Waals surface area contributed by atoms with Gasteiger partial charge in [0.15, 0.2) is 5.11 Å². The van der Waals surface area contributed by atoms with Crippen LogP contribution in [-0.4, -0.2) is 23.6 Å². The van der Waals surface area contributed by atoms with E-state index >= 15 is 0 Å². The highest BCUT2D eigenvalue weighted by atomic mass is 32.1. The molecule has 0 radical (unpaired) electrons. The van der Waals surface area contributed by atoms with Crippen molar-refractivity contribution < 1.29 is 14.3 Å². The van der Waals surface area contributed by atoms with Gasteiger partial charge >= 0.3 is 5.97 Å². The summed E-state index contributed by atoms with van der Waals surface area (Å²) in [4.78, 5) is 25.3. The van der Waals surface area contributed by atoms with Gasteiger partial charge in [0.25, 0.3) is 0 Å². The summed E-state index contributed by atoms with van der Waals surface area (Å²) in [6.07, 6.45) is 8.05. The van der Waals surface area contributed by atoms with Crippen LogP contribution in [0.15, 0.2) is 0 Å². The molecule has 0 saturated heterocycles. The lowest BCUT2D eigenvalue weighted by molar-refractivity contribution is -0.127.